The van der Waals surface area contributed by atoms with Gasteiger partial charge in [-0.2, -0.15) is 0 Å². The Bertz CT molecular complexity index is 4830. The molecule has 6 heteroatoms. The van der Waals surface area contributed by atoms with Crippen LogP contribution in [-0.4, -0.2) is 0 Å². The van der Waals surface area contributed by atoms with Crippen LogP contribution in [0, 0.1) is 6.92 Å². The van der Waals surface area contributed by atoms with Crippen molar-refractivity contribution in [2.75, 3.05) is 9.80 Å². The van der Waals surface area contributed by atoms with Crippen LogP contribution in [0.1, 0.15) is 62.0 Å². The summed E-state index contributed by atoms with van der Waals surface area (Å²) in [5, 5.41) is 14.5. The first-order chi connectivity index (χ1) is 37.7. The predicted octanol–water partition coefficient (Wildman–Crippen LogP) is 21.7. The molecule has 77 heavy (non-hydrogen) atoms. The summed E-state index contributed by atoms with van der Waals surface area (Å²) in [5.41, 5.74) is 15.0. The Hall–Kier alpha value is -9.52. The van der Waals surface area contributed by atoms with Crippen molar-refractivity contribution >= 4 is 149 Å². The molecular formula is C71H52N2O4. The van der Waals surface area contributed by atoms with Crippen LogP contribution in [0.25, 0.3) is 115 Å². The highest BCUT2D eigenvalue weighted by atomic mass is 16.3. The average molecular weight is 997 g/mol. The molecule has 15 aromatic rings. The third kappa shape index (κ3) is 6.55. The molecule has 0 amide bonds. The van der Waals surface area contributed by atoms with Gasteiger partial charge in [-0.3, -0.25) is 0 Å². The highest BCUT2D eigenvalue weighted by Gasteiger charge is 2.31. The molecule has 0 atom stereocenters. The Labute approximate surface area is 444 Å². The van der Waals surface area contributed by atoms with E-state index in [1.54, 1.807) is 6.08 Å². The summed E-state index contributed by atoms with van der Waals surface area (Å²) in [6, 6.07) is 65.3. The number of allylic oxidation sites excluding steroid dienone is 2. The Kier molecular flexibility index (Phi) is 9.92. The first-order valence-corrected chi connectivity index (χ1v) is 26.7. The van der Waals surface area contributed by atoms with Crippen molar-refractivity contribution in [3.05, 3.63) is 223 Å². The molecule has 15 rings (SSSR count). The molecule has 0 N–H and O–H groups in total. The summed E-state index contributed by atoms with van der Waals surface area (Å²) in [6.07, 6.45) is 5.72. The van der Waals surface area contributed by atoms with E-state index in [9.17, 15) is 0 Å². The molecule has 370 valence electrons. The number of hydrogen-bond acceptors (Lipinski definition) is 6. The number of aryl methyl sites for hydroxylation is 1. The first-order valence-electron chi connectivity index (χ1n) is 26.7. The molecule has 0 unspecified atom stereocenters. The maximum Gasteiger partial charge on any atom is 0.159 e. The lowest BCUT2D eigenvalue weighted by Gasteiger charge is -2.31. The number of furan rings is 4. The second-order valence-corrected chi connectivity index (χ2v) is 21.1. The Balaban J connectivity index is 1.09. The van der Waals surface area contributed by atoms with Gasteiger partial charge in [-0.05, 0) is 112 Å². The van der Waals surface area contributed by atoms with E-state index in [1.165, 1.54) is 32.7 Å². The molecule has 0 saturated carbocycles. The molecule has 0 aliphatic heterocycles. The van der Waals surface area contributed by atoms with E-state index < -0.39 is 0 Å². The van der Waals surface area contributed by atoms with E-state index in [0.29, 0.717) is 0 Å². The number of hydrogen-bond donors (Lipinski definition) is 0. The van der Waals surface area contributed by atoms with Gasteiger partial charge < -0.3 is 27.5 Å². The minimum absolute atomic E-state index is 0.163. The summed E-state index contributed by atoms with van der Waals surface area (Å²) in [5.74, 6) is 1.12. The molecule has 6 nitrogen and oxygen atoms in total. The minimum Gasteiger partial charge on any atom is -0.454 e. The third-order valence-corrected chi connectivity index (χ3v) is 16.1. The normalized spacial score (nSPS) is 12.5. The van der Waals surface area contributed by atoms with E-state index in [1.807, 2.05) is 30.4 Å². The van der Waals surface area contributed by atoms with Crippen LogP contribution in [0.2, 0.25) is 0 Å². The van der Waals surface area contributed by atoms with Crippen LogP contribution < -0.4 is 9.80 Å². The molecule has 4 heterocycles. The fourth-order valence-electron chi connectivity index (χ4n) is 12.6. The summed E-state index contributed by atoms with van der Waals surface area (Å²) >= 11 is 0. The zero-order chi connectivity index (χ0) is 51.8. The van der Waals surface area contributed by atoms with Gasteiger partial charge in [0.05, 0.1) is 34.1 Å². The monoisotopic (exact) mass is 996 g/mol. The van der Waals surface area contributed by atoms with Crippen LogP contribution in [0.3, 0.4) is 0 Å². The lowest BCUT2D eigenvalue weighted by atomic mass is 9.84. The molecular weight excluding hydrogens is 945 g/mol. The standard InChI is InChI=1S/C71H52N2O4/c1-7-8-30-62-42(6)43-22-15-26-56(68(43)74-62)72(57-27-16-23-49-44-19-9-12-31-63(44)75-69(49)57)60-38-54(40(2)3)47-35-37-53-61(39-55(41(4)5)48-34-36-52(60)66(47)67(48)53)73(58-28-17-24-50-45-20-10-13-32-64(45)76-70(50)58)59-29-18-25-51-46-21-11-14-33-65(46)77-71(51)59/h7-41H,1H2,2-6H3/b30-8-. The quantitative estimate of drug-likeness (QED) is 0.100. The van der Waals surface area contributed by atoms with Crippen molar-refractivity contribution in [3.63, 3.8) is 0 Å². The van der Waals surface area contributed by atoms with E-state index in [-0.39, 0.29) is 11.8 Å². The van der Waals surface area contributed by atoms with Crippen LogP contribution in [0.15, 0.2) is 218 Å². The lowest BCUT2D eigenvalue weighted by Crippen LogP contribution is -2.13. The Morgan fingerprint density at radius 1 is 0.364 bits per heavy atom. The van der Waals surface area contributed by atoms with E-state index in [0.717, 1.165) is 133 Å². The van der Waals surface area contributed by atoms with Crippen molar-refractivity contribution in [1.82, 2.24) is 0 Å². The fourth-order valence-corrected chi connectivity index (χ4v) is 12.6. The van der Waals surface area contributed by atoms with Crippen molar-refractivity contribution < 1.29 is 17.7 Å². The van der Waals surface area contributed by atoms with Gasteiger partial charge >= 0.3 is 0 Å². The van der Waals surface area contributed by atoms with Gasteiger partial charge in [0.25, 0.3) is 0 Å². The zero-order valence-electron chi connectivity index (χ0n) is 43.4. The second kappa shape index (κ2) is 17.0. The minimum atomic E-state index is 0.163. The summed E-state index contributed by atoms with van der Waals surface area (Å²) in [7, 11) is 0. The topological polar surface area (TPSA) is 59.0 Å². The summed E-state index contributed by atoms with van der Waals surface area (Å²) < 4.78 is 27.8. The molecule has 11 aromatic carbocycles. The molecule has 0 bridgehead atoms. The smallest absolute Gasteiger partial charge is 0.159 e. The van der Waals surface area contributed by atoms with Gasteiger partial charge in [0.1, 0.15) is 22.5 Å². The van der Waals surface area contributed by atoms with E-state index >= 15 is 0 Å². The maximum atomic E-state index is 6.97. The van der Waals surface area contributed by atoms with E-state index in [4.69, 9.17) is 17.7 Å². The summed E-state index contributed by atoms with van der Waals surface area (Å²) in [4.78, 5) is 4.81. The molecule has 0 fully saturated rings. The van der Waals surface area contributed by atoms with Crippen molar-refractivity contribution in [1.29, 1.82) is 0 Å². The number of para-hydroxylation sites is 7. The summed E-state index contributed by atoms with van der Waals surface area (Å²) in [6.45, 7) is 15.3. The number of benzene rings is 11. The van der Waals surface area contributed by atoms with Crippen LogP contribution >= 0.6 is 0 Å². The molecule has 0 aliphatic carbocycles. The number of fused-ring (bicyclic) bond motifs is 10. The zero-order valence-corrected chi connectivity index (χ0v) is 43.4. The van der Waals surface area contributed by atoms with Crippen molar-refractivity contribution in [3.8, 4) is 0 Å². The van der Waals surface area contributed by atoms with Crippen LogP contribution in [0.4, 0.5) is 34.1 Å². The highest BCUT2D eigenvalue weighted by Crippen LogP contribution is 2.55. The van der Waals surface area contributed by atoms with Gasteiger partial charge in [-0.1, -0.05) is 174 Å². The molecule has 0 radical (unpaired) electrons. The highest BCUT2D eigenvalue weighted by molar-refractivity contribution is 6.30. The first kappa shape index (κ1) is 44.9. The third-order valence-electron chi connectivity index (χ3n) is 16.1. The van der Waals surface area contributed by atoms with Crippen LogP contribution in [0.5, 0.6) is 0 Å². The Morgan fingerprint density at radius 2 is 0.714 bits per heavy atom. The average Bonchev–Trinajstić information content (AvgIpc) is 4.34. The lowest BCUT2D eigenvalue weighted by molar-refractivity contribution is 0.601. The number of rotatable bonds is 10. The molecule has 0 spiro atoms. The largest absolute Gasteiger partial charge is 0.454 e. The van der Waals surface area contributed by atoms with Crippen molar-refractivity contribution in [2.24, 2.45) is 0 Å². The fraction of sp³-hybridized carbons (Fsp3) is 0.0986. The maximum absolute atomic E-state index is 6.97. The van der Waals surface area contributed by atoms with E-state index in [2.05, 4.69) is 215 Å². The predicted molar refractivity (Wildman–Crippen MR) is 323 cm³/mol. The van der Waals surface area contributed by atoms with Gasteiger partial charge in [0.2, 0.25) is 0 Å². The molecule has 4 aromatic heterocycles. The molecule has 0 saturated heterocycles. The van der Waals surface area contributed by atoms with Crippen LogP contribution in [-0.2, 0) is 0 Å². The van der Waals surface area contributed by atoms with Crippen molar-refractivity contribution in [2.45, 2.75) is 46.5 Å². The van der Waals surface area contributed by atoms with Gasteiger partial charge in [0, 0.05) is 54.0 Å². The number of nitrogens with zero attached hydrogens (tertiary/aromatic N) is 2. The SMILES string of the molecule is C=C/C=C\c1oc2c(N(c3cc(C(C)C)c4ccc5c(N(c6cccc7c6oc6ccccc67)c6cccc7c6oc6ccccc67)cc(C(C)C)c6ccc3c4c65)c3cccc4c3oc3ccccc34)cccc2c1C. The molecule has 0 aliphatic rings. The Morgan fingerprint density at radius 3 is 1.10 bits per heavy atom. The number of anilines is 6. The van der Waals surface area contributed by atoms with Gasteiger partial charge in [0.15, 0.2) is 22.3 Å². The van der Waals surface area contributed by atoms with Gasteiger partial charge in [-0.15, -0.1) is 0 Å². The van der Waals surface area contributed by atoms with Gasteiger partial charge in [-0.25, -0.2) is 0 Å². The second-order valence-electron chi connectivity index (χ2n) is 21.1.